The Morgan fingerprint density at radius 3 is 2.17 bits per heavy atom. The molecule has 3 nitrogen and oxygen atoms in total. The van der Waals surface area contributed by atoms with Gasteiger partial charge in [-0.1, -0.05) is 39.3 Å². The Hall–Kier alpha value is -0.830. The SMILES string of the molecule is CCC(C)(C)N(C)c1cc(Cl)nc(C(C)(C)C)n1. The molecule has 4 heteroatoms. The molecule has 0 unspecified atom stereocenters. The van der Waals surface area contributed by atoms with Crippen LogP contribution in [-0.2, 0) is 5.41 Å². The molecule has 18 heavy (non-hydrogen) atoms. The number of halogens is 1. The van der Waals surface area contributed by atoms with Gasteiger partial charge in [0, 0.05) is 24.1 Å². The quantitative estimate of drug-likeness (QED) is 0.775. The Morgan fingerprint density at radius 1 is 1.17 bits per heavy atom. The predicted octanol–water partition coefficient (Wildman–Crippen LogP) is 4.05. The second-order valence-electron chi connectivity index (χ2n) is 6.35. The highest BCUT2D eigenvalue weighted by molar-refractivity contribution is 6.29. The first-order valence-electron chi connectivity index (χ1n) is 6.37. The maximum absolute atomic E-state index is 6.12. The first kappa shape index (κ1) is 15.2. The molecule has 0 atom stereocenters. The van der Waals surface area contributed by atoms with Crippen LogP contribution in [-0.4, -0.2) is 22.6 Å². The molecule has 0 radical (unpaired) electrons. The first-order valence-corrected chi connectivity index (χ1v) is 6.74. The molecular formula is C14H24ClN3. The van der Waals surface area contributed by atoms with E-state index in [2.05, 4.69) is 63.5 Å². The molecule has 0 spiro atoms. The van der Waals surface area contributed by atoms with Crippen molar-refractivity contribution in [1.82, 2.24) is 9.97 Å². The molecule has 1 aromatic rings. The summed E-state index contributed by atoms with van der Waals surface area (Å²) in [4.78, 5) is 11.1. The van der Waals surface area contributed by atoms with Gasteiger partial charge in [-0.15, -0.1) is 0 Å². The van der Waals surface area contributed by atoms with Gasteiger partial charge in [-0.3, -0.25) is 0 Å². The summed E-state index contributed by atoms with van der Waals surface area (Å²) in [6.07, 6.45) is 1.04. The molecule has 1 rings (SSSR count). The summed E-state index contributed by atoms with van der Waals surface area (Å²) < 4.78 is 0. The van der Waals surface area contributed by atoms with Crippen LogP contribution < -0.4 is 4.90 Å². The van der Waals surface area contributed by atoms with Crippen LogP contribution in [0.25, 0.3) is 0 Å². The number of hydrogen-bond acceptors (Lipinski definition) is 3. The van der Waals surface area contributed by atoms with Crippen LogP contribution in [0.4, 0.5) is 5.82 Å². The van der Waals surface area contributed by atoms with Gasteiger partial charge in [0.15, 0.2) is 0 Å². The minimum Gasteiger partial charge on any atom is -0.354 e. The van der Waals surface area contributed by atoms with E-state index in [0.717, 1.165) is 18.1 Å². The van der Waals surface area contributed by atoms with Crippen molar-refractivity contribution < 1.29 is 0 Å². The number of aromatic nitrogens is 2. The third kappa shape index (κ3) is 3.35. The molecule has 0 bridgehead atoms. The average Bonchev–Trinajstić information content (AvgIpc) is 2.26. The van der Waals surface area contributed by atoms with Gasteiger partial charge in [-0.05, 0) is 20.3 Å². The zero-order chi connectivity index (χ0) is 14.1. The lowest BCUT2D eigenvalue weighted by Gasteiger charge is -2.36. The topological polar surface area (TPSA) is 29.0 Å². The van der Waals surface area contributed by atoms with E-state index in [1.54, 1.807) is 0 Å². The predicted molar refractivity (Wildman–Crippen MR) is 78.5 cm³/mol. The van der Waals surface area contributed by atoms with E-state index in [0.29, 0.717) is 5.15 Å². The zero-order valence-corrected chi connectivity index (χ0v) is 13.3. The van der Waals surface area contributed by atoms with Crippen LogP contribution in [0.2, 0.25) is 5.15 Å². The lowest BCUT2D eigenvalue weighted by atomic mass is 9.95. The molecule has 0 saturated carbocycles. The largest absolute Gasteiger partial charge is 0.354 e. The highest BCUT2D eigenvalue weighted by Crippen LogP contribution is 2.27. The fourth-order valence-corrected chi connectivity index (χ4v) is 1.64. The van der Waals surface area contributed by atoms with Crippen molar-refractivity contribution in [2.24, 2.45) is 0 Å². The van der Waals surface area contributed by atoms with E-state index < -0.39 is 0 Å². The lowest BCUT2D eigenvalue weighted by molar-refractivity contribution is 0.463. The molecule has 0 aromatic carbocycles. The van der Waals surface area contributed by atoms with E-state index in [9.17, 15) is 0 Å². The molecule has 102 valence electrons. The average molecular weight is 270 g/mol. The van der Waals surface area contributed by atoms with Crippen LogP contribution in [0.15, 0.2) is 6.07 Å². The van der Waals surface area contributed by atoms with E-state index in [-0.39, 0.29) is 11.0 Å². The number of hydrogen-bond donors (Lipinski definition) is 0. The summed E-state index contributed by atoms with van der Waals surface area (Å²) in [6, 6.07) is 1.83. The van der Waals surface area contributed by atoms with Gasteiger partial charge in [0.1, 0.15) is 16.8 Å². The van der Waals surface area contributed by atoms with Gasteiger partial charge in [0.25, 0.3) is 0 Å². The summed E-state index contributed by atoms with van der Waals surface area (Å²) in [5, 5.41) is 0.503. The normalized spacial score (nSPS) is 12.7. The highest BCUT2D eigenvalue weighted by Gasteiger charge is 2.25. The summed E-state index contributed by atoms with van der Waals surface area (Å²) in [6.45, 7) is 12.8. The van der Waals surface area contributed by atoms with Crippen LogP contribution in [0.5, 0.6) is 0 Å². The standard InChI is InChI=1S/C14H24ClN3/c1-8-14(5,6)18(7)11-9-10(15)16-12(17-11)13(2,3)4/h9H,8H2,1-7H3. The highest BCUT2D eigenvalue weighted by atomic mass is 35.5. The number of anilines is 1. The molecule has 0 fully saturated rings. The van der Waals surface area contributed by atoms with Gasteiger partial charge in [0.05, 0.1) is 0 Å². The summed E-state index contributed by atoms with van der Waals surface area (Å²) in [5.74, 6) is 1.66. The molecule has 0 aliphatic heterocycles. The van der Waals surface area contributed by atoms with Crippen LogP contribution in [0.3, 0.4) is 0 Å². The molecule has 0 aliphatic carbocycles. The molecule has 1 heterocycles. The Balaban J connectivity index is 3.23. The lowest BCUT2D eigenvalue weighted by Crippen LogP contribution is -2.41. The van der Waals surface area contributed by atoms with Crippen molar-refractivity contribution in [2.75, 3.05) is 11.9 Å². The smallest absolute Gasteiger partial charge is 0.137 e. The van der Waals surface area contributed by atoms with Crippen molar-refractivity contribution in [3.8, 4) is 0 Å². The molecule has 0 aliphatic rings. The van der Waals surface area contributed by atoms with E-state index in [1.807, 2.05) is 6.07 Å². The third-order valence-electron chi connectivity index (χ3n) is 3.47. The maximum Gasteiger partial charge on any atom is 0.137 e. The van der Waals surface area contributed by atoms with Crippen molar-refractivity contribution in [3.63, 3.8) is 0 Å². The van der Waals surface area contributed by atoms with Gasteiger partial charge >= 0.3 is 0 Å². The van der Waals surface area contributed by atoms with E-state index in [1.165, 1.54) is 0 Å². The van der Waals surface area contributed by atoms with Crippen molar-refractivity contribution in [3.05, 3.63) is 17.0 Å². The summed E-state index contributed by atoms with van der Waals surface area (Å²) in [7, 11) is 2.05. The van der Waals surface area contributed by atoms with Gasteiger partial charge < -0.3 is 4.90 Å². The van der Waals surface area contributed by atoms with Crippen LogP contribution in [0.1, 0.15) is 53.8 Å². The van der Waals surface area contributed by atoms with Crippen LogP contribution >= 0.6 is 11.6 Å². The van der Waals surface area contributed by atoms with Gasteiger partial charge in [-0.25, -0.2) is 9.97 Å². The Bertz CT molecular complexity index is 422. The van der Waals surface area contributed by atoms with Crippen molar-refractivity contribution >= 4 is 17.4 Å². The third-order valence-corrected chi connectivity index (χ3v) is 3.66. The minimum absolute atomic E-state index is 0.0484. The van der Waals surface area contributed by atoms with E-state index >= 15 is 0 Å². The Kier molecular flexibility index (Phi) is 4.26. The number of nitrogens with zero attached hydrogens (tertiary/aromatic N) is 3. The maximum atomic E-state index is 6.12. The zero-order valence-electron chi connectivity index (χ0n) is 12.5. The molecule has 1 aromatic heterocycles. The van der Waals surface area contributed by atoms with Crippen LogP contribution in [0, 0.1) is 0 Å². The summed E-state index contributed by atoms with van der Waals surface area (Å²) in [5.41, 5.74) is -0.0519. The Labute approximate surface area is 116 Å². The molecular weight excluding hydrogens is 246 g/mol. The fraction of sp³-hybridized carbons (Fsp3) is 0.714. The van der Waals surface area contributed by atoms with Crippen molar-refractivity contribution in [1.29, 1.82) is 0 Å². The fourth-order valence-electron chi connectivity index (χ4n) is 1.46. The van der Waals surface area contributed by atoms with Crippen molar-refractivity contribution in [2.45, 2.75) is 58.9 Å². The first-order chi connectivity index (χ1) is 8.08. The van der Waals surface area contributed by atoms with Gasteiger partial charge in [-0.2, -0.15) is 0 Å². The monoisotopic (exact) mass is 269 g/mol. The molecule has 0 saturated heterocycles. The minimum atomic E-state index is -0.100. The van der Waals surface area contributed by atoms with E-state index in [4.69, 9.17) is 11.6 Å². The Morgan fingerprint density at radius 2 is 1.72 bits per heavy atom. The second-order valence-corrected chi connectivity index (χ2v) is 6.73. The summed E-state index contributed by atoms with van der Waals surface area (Å²) >= 11 is 6.12. The second kappa shape index (κ2) is 5.04. The van der Waals surface area contributed by atoms with Gasteiger partial charge in [0.2, 0.25) is 0 Å². The molecule has 0 N–H and O–H groups in total. The number of rotatable bonds is 3. The molecule has 0 amide bonds.